The lowest BCUT2D eigenvalue weighted by atomic mass is 9.76. The molecule has 1 heterocycles. The zero-order chi connectivity index (χ0) is 15.3. The molecule has 1 saturated heterocycles. The predicted octanol–water partition coefficient (Wildman–Crippen LogP) is 3.62. The third kappa shape index (κ3) is 3.43. The van der Waals surface area contributed by atoms with Crippen molar-refractivity contribution in [3.05, 3.63) is 61.2 Å². The summed E-state index contributed by atoms with van der Waals surface area (Å²) in [5, 5.41) is 10.4. The highest BCUT2D eigenvalue weighted by atomic mass is 16.7. The predicted molar refractivity (Wildman–Crippen MR) is 83.7 cm³/mol. The lowest BCUT2D eigenvalue weighted by Crippen LogP contribution is -2.51. The lowest BCUT2D eigenvalue weighted by Gasteiger charge is -2.46. The Labute approximate surface area is 126 Å². The Bertz CT molecular complexity index is 471. The van der Waals surface area contributed by atoms with Gasteiger partial charge in [-0.25, -0.2) is 0 Å². The van der Waals surface area contributed by atoms with Crippen molar-refractivity contribution in [3.8, 4) is 0 Å². The van der Waals surface area contributed by atoms with Crippen molar-refractivity contribution in [1.29, 1.82) is 0 Å². The molecule has 3 heteroatoms. The highest BCUT2D eigenvalue weighted by Crippen LogP contribution is 2.41. The summed E-state index contributed by atoms with van der Waals surface area (Å²) < 4.78 is 12.0. The Morgan fingerprint density at radius 1 is 1.33 bits per heavy atom. The molecule has 0 amide bonds. The molecule has 1 fully saturated rings. The first kappa shape index (κ1) is 16.0. The first-order valence-electron chi connectivity index (χ1n) is 7.33. The molecule has 2 rings (SSSR count). The van der Waals surface area contributed by atoms with Gasteiger partial charge in [0.2, 0.25) is 0 Å². The Balaban J connectivity index is 2.17. The van der Waals surface area contributed by atoms with E-state index in [2.05, 4.69) is 13.2 Å². The molecule has 3 nitrogen and oxygen atoms in total. The quantitative estimate of drug-likeness (QED) is 0.813. The van der Waals surface area contributed by atoms with Gasteiger partial charge < -0.3 is 14.6 Å². The van der Waals surface area contributed by atoms with Crippen molar-refractivity contribution in [2.75, 3.05) is 6.61 Å². The smallest absolute Gasteiger partial charge is 0.184 e. The third-order valence-electron chi connectivity index (χ3n) is 4.17. The third-order valence-corrected chi connectivity index (χ3v) is 4.17. The van der Waals surface area contributed by atoms with E-state index < -0.39 is 11.5 Å². The minimum atomic E-state index is -0.545. The Morgan fingerprint density at radius 2 is 2.05 bits per heavy atom. The van der Waals surface area contributed by atoms with Gasteiger partial charge in [0.25, 0.3) is 0 Å². The Hall–Kier alpha value is -1.42. The van der Waals surface area contributed by atoms with Gasteiger partial charge in [0.15, 0.2) is 6.29 Å². The van der Waals surface area contributed by atoms with E-state index in [-0.39, 0.29) is 12.4 Å². The molecule has 1 aliphatic rings. The van der Waals surface area contributed by atoms with Gasteiger partial charge in [-0.2, -0.15) is 0 Å². The van der Waals surface area contributed by atoms with Gasteiger partial charge in [-0.3, -0.25) is 0 Å². The van der Waals surface area contributed by atoms with Crippen LogP contribution in [0.2, 0.25) is 0 Å². The van der Waals surface area contributed by atoms with E-state index in [0.29, 0.717) is 19.4 Å². The number of aliphatic hydroxyl groups is 1. The topological polar surface area (TPSA) is 38.7 Å². The molecule has 114 valence electrons. The van der Waals surface area contributed by atoms with Crippen LogP contribution in [0, 0.1) is 5.41 Å². The summed E-state index contributed by atoms with van der Waals surface area (Å²) in [6, 6.07) is 9.86. The van der Waals surface area contributed by atoms with Crippen molar-refractivity contribution in [1.82, 2.24) is 0 Å². The maximum Gasteiger partial charge on any atom is 0.184 e. The number of ether oxygens (including phenoxy) is 2. The first-order valence-corrected chi connectivity index (χ1v) is 7.33. The van der Waals surface area contributed by atoms with E-state index in [9.17, 15) is 5.11 Å². The fourth-order valence-corrected chi connectivity index (χ4v) is 2.69. The van der Waals surface area contributed by atoms with Crippen LogP contribution in [-0.2, 0) is 9.47 Å². The van der Waals surface area contributed by atoms with Crippen molar-refractivity contribution in [2.45, 2.75) is 38.3 Å². The van der Waals surface area contributed by atoms with E-state index in [1.165, 1.54) is 0 Å². The normalized spacial score (nSPS) is 30.6. The lowest BCUT2D eigenvalue weighted by molar-refractivity contribution is -0.285. The van der Waals surface area contributed by atoms with Gasteiger partial charge in [-0.1, -0.05) is 49.4 Å². The van der Waals surface area contributed by atoms with Gasteiger partial charge in [0.05, 0.1) is 18.8 Å². The Morgan fingerprint density at radius 3 is 2.67 bits per heavy atom. The standard InChI is InChI=1S/C18H24O3/c1-4-9-15(19)18(3)13-20-17(21-16(18)10-5-2)14-11-7-6-8-12-14/h4-8,11-12,15-17,19H,1-2,9-10,13H2,3H3/t15-,16+,17-,18-/m0/s1. The summed E-state index contributed by atoms with van der Waals surface area (Å²) >= 11 is 0. The zero-order valence-corrected chi connectivity index (χ0v) is 12.6. The molecule has 1 aliphatic heterocycles. The summed E-state index contributed by atoms with van der Waals surface area (Å²) in [4.78, 5) is 0. The Kier molecular flexibility index (Phi) is 5.34. The zero-order valence-electron chi connectivity index (χ0n) is 12.6. The van der Waals surface area contributed by atoms with Crippen LogP contribution in [-0.4, -0.2) is 23.9 Å². The molecular formula is C18H24O3. The summed E-state index contributed by atoms with van der Waals surface area (Å²) in [7, 11) is 0. The maximum atomic E-state index is 10.4. The van der Waals surface area contributed by atoms with Crippen LogP contribution in [0.1, 0.15) is 31.6 Å². The second-order valence-corrected chi connectivity index (χ2v) is 5.75. The monoisotopic (exact) mass is 288 g/mol. The molecule has 0 aromatic heterocycles. The fourth-order valence-electron chi connectivity index (χ4n) is 2.69. The number of rotatable bonds is 6. The number of benzene rings is 1. The van der Waals surface area contributed by atoms with Crippen LogP contribution < -0.4 is 0 Å². The number of hydrogen-bond donors (Lipinski definition) is 1. The summed E-state index contributed by atoms with van der Waals surface area (Å²) in [6.07, 6.45) is 3.69. The van der Waals surface area contributed by atoms with Crippen molar-refractivity contribution < 1.29 is 14.6 Å². The SMILES string of the molecule is C=CC[C@H](O)[C@]1(C)CO[C@H](c2ccccc2)O[C@@H]1CC=C. The van der Waals surface area contributed by atoms with Crippen LogP contribution in [0.4, 0.5) is 0 Å². The molecule has 1 aromatic rings. The van der Waals surface area contributed by atoms with Crippen molar-refractivity contribution in [2.24, 2.45) is 5.41 Å². The summed E-state index contributed by atoms with van der Waals surface area (Å²) in [5.41, 5.74) is 0.528. The maximum absolute atomic E-state index is 10.4. The van der Waals surface area contributed by atoms with Gasteiger partial charge >= 0.3 is 0 Å². The van der Waals surface area contributed by atoms with E-state index in [1.807, 2.05) is 43.3 Å². The van der Waals surface area contributed by atoms with E-state index in [0.717, 1.165) is 5.56 Å². The first-order chi connectivity index (χ1) is 10.1. The van der Waals surface area contributed by atoms with Crippen LogP contribution in [0.25, 0.3) is 0 Å². The molecule has 0 radical (unpaired) electrons. The van der Waals surface area contributed by atoms with Crippen molar-refractivity contribution in [3.63, 3.8) is 0 Å². The van der Waals surface area contributed by atoms with E-state index >= 15 is 0 Å². The average Bonchev–Trinajstić information content (AvgIpc) is 2.51. The number of aliphatic hydroxyl groups excluding tert-OH is 1. The van der Waals surface area contributed by atoms with Crippen LogP contribution in [0.3, 0.4) is 0 Å². The number of hydrogen-bond acceptors (Lipinski definition) is 3. The second kappa shape index (κ2) is 7.03. The molecule has 0 aliphatic carbocycles. The highest BCUT2D eigenvalue weighted by Gasteiger charge is 2.46. The average molecular weight is 288 g/mol. The van der Waals surface area contributed by atoms with Crippen LogP contribution in [0.15, 0.2) is 55.6 Å². The molecule has 1 N–H and O–H groups in total. The summed E-state index contributed by atoms with van der Waals surface area (Å²) in [6.45, 7) is 9.94. The van der Waals surface area contributed by atoms with Gasteiger partial charge in [-0.15, -0.1) is 13.2 Å². The molecule has 0 unspecified atom stereocenters. The largest absolute Gasteiger partial charge is 0.392 e. The minimum Gasteiger partial charge on any atom is -0.392 e. The molecule has 1 aromatic carbocycles. The highest BCUT2D eigenvalue weighted by molar-refractivity contribution is 5.16. The van der Waals surface area contributed by atoms with Gasteiger partial charge in [0, 0.05) is 11.0 Å². The molecule has 0 bridgehead atoms. The molecule has 21 heavy (non-hydrogen) atoms. The molecule has 0 saturated carbocycles. The van der Waals surface area contributed by atoms with E-state index in [1.54, 1.807) is 6.08 Å². The minimum absolute atomic E-state index is 0.135. The van der Waals surface area contributed by atoms with Crippen LogP contribution >= 0.6 is 0 Å². The molecular weight excluding hydrogens is 264 g/mol. The summed E-state index contributed by atoms with van der Waals surface area (Å²) in [5.74, 6) is 0. The van der Waals surface area contributed by atoms with Crippen molar-refractivity contribution >= 4 is 0 Å². The van der Waals surface area contributed by atoms with Gasteiger partial charge in [-0.05, 0) is 12.8 Å². The molecule has 0 spiro atoms. The van der Waals surface area contributed by atoms with Crippen LogP contribution in [0.5, 0.6) is 0 Å². The van der Waals surface area contributed by atoms with Gasteiger partial charge in [0.1, 0.15) is 0 Å². The second-order valence-electron chi connectivity index (χ2n) is 5.75. The fraction of sp³-hybridized carbons (Fsp3) is 0.444. The van der Waals surface area contributed by atoms with E-state index in [4.69, 9.17) is 9.47 Å². The molecule has 4 atom stereocenters.